The molecule has 3 rings (SSSR count). The summed E-state index contributed by atoms with van der Waals surface area (Å²) in [6.45, 7) is 3.95. The van der Waals surface area contributed by atoms with E-state index < -0.39 is 0 Å². The minimum Gasteiger partial charge on any atom is -0.378 e. The molecule has 20 heavy (non-hydrogen) atoms. The van der Waals surface area contributed by atoms with E-state index in [1.54, 1.807) is 7.11 Å². The van der Waals surface area contributed by atoms with Crippen LogP contribution in [0.3, 0.4) is 0 Å². The molecule has 0 radical (unpaired) electrons. The van der Waals surface area contributed by atoms with Crippen molar-refractivity contribution in [1.29, 1.82) is 0 Å². The normalized spacial score (nSPS) is 39.1. The Morgan fingerprint density at radius 1 is 1.45 bits per heavy atom. The summed E-state index contributed by atoms with van der Waals surface area (Å²) in [5, 5.41) is 3.49. The minimum atomic E-state index is -0.307. The lowest BCUT2D eigenvalue weighted by atomic mass is 9.99. The molecule has 0 spiro atoms. The third kappa shape index (κ3) is 2.47. The molecule has 3 fully saturated rings. The lowest BCUT2D eigenvalue weighted by Crippen LogP contribution is -2.51. The Bertz CT molecular complexity index is 362. The Hall–Kier alpha value is -0.650. The van der Waals surface area contributed by atoms with Gasteiger partial charge in [0, 0.05) is 20.1 Å². The van der Waals surface area contributed by atoms with Crippen LogP contribution in [0, 0.1) is 5.92 Å². The van der Waals surface area contributed by atoms with Crippen molar-refractivity contribution in [2.75, 3.05) is 26.9 Å². The van der Waals surface area contributed by atoms with Crippen molar-refractivity contribution in [2.45, 2.75) is 56.8 Å². The van der Waals surface area contributed by atoms with E-state index in [1.165, 1.54) is 25.7 Å². The molecule has 1 amide bonds. The van der Waals surface area contributed by atoms with Crippen molar-refractivity contribution in [3.8, 4) is 0 Å². The van der Waals surface area contributed by atoms with E-state index in [0.717, 1.165) is 13.0 Å². The molecule has 0 aromatic carbocycles. The number of methoxy groups -OCH3 is 1. The number of hydrogen-bond donors (Lipinski definition) is 1. The highest BCUT2D eigenvalue weighted by molar-refractivity contribution is 5.84. The molecular weight excluding hydrogens is 256 g/mol. The molecule has 114 valence electrons. The molecule has 5 heteroatoms. The van der Waals surface area contributed by atoms with E-state index in [9.17, 15) is 4.79 Å². The highest BCUT2D eigenvalue weighted by Gasteiger charge is 2.46. The van der Waals surface area contributed by atoms with Crippen LogP contribution >= 0.6 is 0 Å². The second-order valence-corrected chi connectivity index (χ2v) is 6.53. The van der Waals surface area contributed by atoms with Crippen LogP contribution in [0.25, 0.3) is 0 Å². The Kier molecular flexibility index (Phi) is 4.02. The fourth-order valence-electron chi connectivity index (χ4n) is 3.89. The Morgan fingerprint density at radius 2 is 2.20 bits per heavy atom. The zero-order valence-corrected chi connectivity index (χ0v) is 12.6. The maximum absolute atomic E-state index is 12.5. The predicted molar refractivity (Wildman–Crippen MR) is 75.2 cm³/mol. The summed E-state index contributed by atoms with van der Waals surface area (Å²) in [5.74, 6) is 0.811. The van der Waals surface area contributed by atoms with Crippen molar-refractivity contribution in [1.82, 2.24) is 10.2 Å². The fraction of sp³-hybridized carbons (Fsp3) is 0.933. The Labute approximate surface area is 121 Å². The average Bonchev–Trinajstić information content (AvgIpc) is 3.17. The van der Waals surface area contributed by atoms with Crippen LogP contribution in [-0.2, 0) is 14.3 Å². The molecule has 5 nitrogen and oxygen atoms in total. The number of amides is 1. The van der Waals surface area contributed by atoms with Crippen LogP contribution in [-0.4, -0.2) is 55.5 Å². The molecule has 3 aliphatic rings. The topological polar surface area (TPSA) is 50.8 Å². The number of nitrogens with one attached hydrogen (secondary N) is 1. The fourth-order valence-corrected chi connectivity index (χ4v) is 3.89. The number of ether oxygens (including phenoxy) is 2. The second kappa shape index (κ2) is 5.62. The van der Waals surface area contributed by atoms with E-state index in [4.69, 9.17) is 9.47 Å². The van der Waals surface area contributed by atoms with Gasteiger partial charge in [-0.1, -0.05) is 12.8 Å². The summed E-state index contributed by atoms with van der Waals surface area (Å²) in [6, 6.07) is -0.0724. The van der Waals surface area contributed by atoms with Gasteiger partial charge in [-0.3, -0.25) is 10.1 Å². The zero-order valence-electron chi connectivity index (χ0n) is 12.6. The van der Waals surface area contributed by atoms with Gasteiger partial charge < -0.3 is 14.4 Å². The standard InChI is InChI=1S/C15H26N2O3/c1-11-14(18)17(9-15(19-2)7-8-20-10-15)13(16-11)12-5-3-4-6-12/h11-13,16H,3-10H2,1-2H3. The average molecular weight is 282 g/mol. The third-order valence-corrected chi connectivity index (χ3v) is 5.22. The largest absolute Gasteiger partial charge is 0.378 e. The smallest absolute Gasteiger partial charge is 0.240 e. The predicted octanol–water partition coefficient (Wildman–Crippen LogP) is 1.13. The third-order valence-electron chi connectivity index (χ3n) is 5.22. The van der Waals surface area contributed by atoms with Crippen molar-refractivity contribution >= 4 is 5.91 Å². The van der Waals surface area contributed by atoms with Crippen LogP contribution in [0.4, 0.5) is 0 Å². The van der Waals surface area contributed by atoms with Gasteiger partial charge in [0.15, 0.2) is 0 Å². The molecule has 1 aliphatic carbocycles. The molecule has 0 aromatic heterocycles. The van der Waals surface area contributed by atoms with Gasteiger partial charge in [-0.2, -0.15) is 0 Å². The highest BCUT2D eigenvalue weighted by atomic mass is 16.5. The molecule has 2 heterocycles. The Balaban J connectivity index is 1.75. The van der Waals surface area contributed by atoms with E-state index >= 15 is 0 Å². The molecule has 2 saturated heterocycles. The van der Waals surface area contributed by atoms with Gasteiger partial charge in [-0.05, 0) is 25.7 Å². The van der Waals surface area contributed by atoms with Gasteiger partial charge in [0.25, 0.3) is 0 Å². The van der Waals surface area contributed by atoms with E-state index in [2.05, 4.69) is 5.32 Å². The quantitative estimate of drug-likeness (QED) is 0.840. The summed E-state index contributed by atoms with van der Waals surface area (Å²) in [6.07, 6.45) is 6.09. The molecule has 0 bridgehead atoms. The van der Waals surface area contributed by atoms with E-state index in [-0.39, 0.29) is 23.7 Å². The minimum absolute atomic E-state index is 0.0724. The number of carbonyl (C=O) groups excluding carboxylic acids is 1. The number of nitrogens with zero attached hydrogens (tertiary/aromatic N) is 1. The molecule has 3 unspecified atom stereocenters. The molecule has 3 atom stereocenters. The first-order chi connectivity index (χ1) is 9.65. The van der Waals surface area contributed by atoms with Gasteiger partial charge in [0.2, 0.25) is 5.91 Å². The van der Waals surface area contributed by atoms with Gasteiger partial charge in [0.05, 0.1) is 25.4 Å². The second-order valence-electron chi connectivity index (χ2n) is 6.53. The van der Waals surface area contributed by atoms with E-state index in [0.29, 0.717) is 19.1 Å². The number of hydrogen-bond acceptors (Lipinski definition) is 4. The zero-order chi connectivity index (χ0) is 14.2. The van der Waals surface area contributed by atoms with Gasteiger partial charge in [0.1, 0.15) is 5.60 Å². The highest BCUT2D eigenvalue weighted by Crippen LogP contribution is 2.34. The van der Waals surface area contributed by atoms with Crippen LogP contribution in [0.15, 0.2) is 0 Å². The summed E-state index contributed by atoms with van der Waals surface area (Å²) < 4.78 is 11.2. The maximum atomic E-state index is 12.5. The first-order valence-electron chi connectivity index (χ1n) is 7.85. The monoisotopic (exact) mass is 282 g/mol. The molecule has 1 saturated carbocycles. The summed E-state index contributed by atoms with van der Waals surface area (Å²) >= 11 is 0. The van der Waals surface area contributed by atoms with Gasteiger partial charge in [-0.15, -0.1) is 0 Å². The molecule has 0 aromatic rings. The SMILES string of the molecule is COC1(CN2C(=O)C(C)NC2C2CCCC2)CCOC1. The Morgan fingerprint density at radius 3 is 2.80 bits per heavy atom. The van der Waals surface area contributed by atoms with Crippen LogP contribution in [0.1, 0.15) is 39.0 Å². The van der Waals surface area contributed by atoms with Crippen molar-refractivity contribution in [3.63, 3.8) is 0 Å². The first-order valence-corrected chi connectivity index (χ1v) is 7.85. The van der Waals surface area contributed by atoms with Crippen LogP contribution in [0.2, 0.25) is 0 Å². The molecular formula is C15H26N2O3. The molecule has 2 aliphatic heterocycles. The van der Waals surface area contributed by atoms with Crippen molar-refractivity contribution in [3.05, 3.63) is 0 Å². The summed E-state index contributed by atoms with van der Waals surface area (Å²) in [7, 11) is 1.73. The van der Waals surface area contributed by atoms with Crippen LogP contribution in [0.5, 0.6) is 0 Å². The summed E-state index contributed by atoms with van der Waals surface area (Å²) in [5.41, 5.74) is -0.307. The number of rotatable bonds is 4. The number of carbonyl (C=O) groups is 1. The van der Waals surface area contributed by atoms with Gasteiger partial charge >= 0.3 is 0 Å². The van der Waals surface area contributed by atoms with Crippen molar-refractivity contribution < 1.29 is 14.3 Å². The lowest BCUT2D eigenvalue weighted by Gasteiger charge is -2.36. The van der Waals surface area contributed by atoms with E-state index in [1.807, 2.05) is 11.8 Å². The van der Waals surface area contributed by atoms with Crippen molar-refractivity contribution in [2.24, 2.45) is 5.92 Å². The first kappa shape index (κ1) is 14.3. The molecule has 1 N–H and O–H groups in total. The summed E-state index contributed by atoms with van der Waals surface area (Å²) in [4.78, 5) is 14.5. The lowest BCUT2D eigenvalue weighted by molar-refractivity contribution is -0.135. The van der Waals surface area contributed by atoms with Crippen LogP contribution < -0.4 is 5.32 Å². The van der Waals surface area contributed by atoms with Gasteiger partial charge in [-0.25, -0.2) is 0 Å². The maximum Gasteiger partial charge on any atom is 0.240 e.